The normalized spacial score (nSPS) is 10.9. The van der Waals surface area contributed by atoms with Gasteiger partial charge in [-0.2, -0.15) is 0 Å². The van der Waals surface area contributed by atoms with Gasteiger partial charge in [-0.25, -0.2) is 0 Å². The summed E-state index contributed by atoms with van der Waals surface area (Å²) in [5.74, 6) is 1.37. The summed E-state index contributed by atoms with van der Waals surface area (Å²) in [5.41, 5.74) is 0.963. The van der Waals surface area contributed by atoms with E-state index in [0.717, 1.165) is 33.3 Å². The van der Waals surface area contributed by atoms with Crippen LogP contribution in [0.5, 0.6) is 0 Å². The molecule has 18 heavy (non-hydrogen) atoms. The highest BCUT2D eigenvalue weighted by molar-refractivity contribution is 9.11. The fraction of sp³-hybridized carbons (Fsp3) is 0.333. The molecule has 96 valence electrons. The molecule has 0 saturated carbocycles. The Labute approximate surface area is 122 Å². The Balaban J connectivity index is 2.56. The second-order valence-corrected chi connectivity index (χ2v) is 5.64. The van der Waals surface area contributed by atoms with Crippen molar-refractivity contribution in [3.8, 4) is 11.4 Å². The molecule has 0 bridgehead atoms. The fourth-order valence-electron chi connectivity index (χ4n) is 1.78. The Morgan fingerprint density at radius 1 is 1.28 bits per heavy atom. The minimum absolute atomic E-state index is 0.0986. The Morgan fingerprint density at radius 3 is 2.72 bits per heavy atom. The van der Waals surface area contributed by atoms with Crippen LogP contribution >= 0.6 is 31.9 Å². The van der Waals surface area contributed by atoms with E-state index < -0.39 is 0 Å². The summed E-state index contributed by atoms with van der Waals surface area (Å²) >= 11 is 6.97. The largest absolute Gasteiger partial charge is 0.388 e. The van der Waals surface area contributed by atoms with Crippen LogP contribution in [0.25, 0.3) is 11.4 Å². The molecule has 0 fully saturated rings. The predicted molar refractivity (Wildman–Crippen MR) is 77.1 cm³/mol. The Kier molecular flexibility index (Phi) is 4.53. The molecule has 4 nitrogen and oxygen atoms in total. The van der Waals surface area contributed by atoms with Crippen molar-refractivity contribution in [3.63, 3.8) is 0 Å². The van der Waals surface area contributed by atoms with Crippen LogP contribution in [0.1, 0.15) is 19.2 Å². The standard InChI is InChI=1S/C12H13Br2N3O/c1-2-5-17-11(7-18)15-16-12(17)9-6-8(13)3-4-10(9)14/h3-4,6,18H,2,5,7H2,1H3. The van der Waals surface area contributed by atoms with Gasteiger partial charge in [-0.05, 0) is 24.6 Å². The van der Waals surface area contributed by atoms with Crippen molar-refractivity contribution in [2.24, 2.45) is 0 Å². The van der Waals surface area contributed by atoms with E-state index >= 15 is 0 Å². The molecule has 1 heterocycles. The van der Waals surface area contributed by atoms with Crippen molar-refractivity contribution in [2.45, 2.75) is 26.5 Å². The molecule has 0 saturated heterocycles. The zero-order chi connectivity index (χ0) is 13.1. The van der Waals surface area contributed by atoms with Gasteiger partial charge in [0, 0.05) is 21.1 Å². The molecule has 0 atom stereocenters. The quantitative estimate of drug-likeness (QED) is 0.892. The summed E-state index contributed by atoms with van der Waals surface area (Å²) in [4.78, 5) is 0. The highest BCUT2D eigenvalue weighted by Crippen LogP contribution is 2.30. The van der Waals surface area contributed by atoms with E-state index in [2.05, 4.69) is 49.0 Å². The Morgan fingerprint density at radius 2 is 2.06 bits per heavy atom. The number of nitrogens with zero attached hydrogens (tertiary/aromatic N) is 3. The molecule has 0 radical (unpaired) electrons. The maximum absolute atomic E-state index is 9.28. The van der Waals surface area contributed by atoms with Gasteiger partial charge in [0.1, 0.15) is 6.61 Å². The molecule has 6 heteroatoms. The van der Waals surface area contributed by atoms with Crippen LogP contribution in [0, 0.1) is 0 Å². The Hall–Kier alpha value is -0.720. The molecular weight excluding hydrogens is 362 g/mol. The summed E-state index contributed by atoms with van der Waals surface area (Å²) in [6, 6.07) is 5.91. The summed E-state index contributed by atoms with van der Waals surface area (Å²) < 4.78 is 3.89. The van der Waals surface area contributed by atoms with Gasteiger partial charge >= 0.3 is 0 Å². The zero-order valence-electron chi connectivity index (χ0n) is 9.90. The molecule has 0 aliphatic carbocycles. The predicted octanol–water partition coefficient (Wildman–Crippen LogP) is 3.37. The first-order valence-corrected chi connectivity index (χ1v) is 7.24. The summed E-state index contributed by atoms with van der Waals surface area (Å²) in [6.45, 7) is 2.77. The summed E-state index contributed by atoms with van der Waals surface area (Å²) in [5, 5.41) is 17.5. The lowest BCUT2D eigenvalue weighted by Crippen LogP contribution is -2.05. The van der Waals surface area contributed by atoms with Gasteiger partial charge in [0.15, 0.2) is 11.6 Å². The second-order valence-electron chi connectivity index (χ2n) is 3.87. The van der Waals surface area contributed by atoms with E-state index in [0.29, 0.717) is 5.82 Å². The van der Waals surface area contributed by atoms with E-state index in [4.69, 9.17) is 0 Å². The van der Waals surface area contributed by atoms with Gasteiger partial charge < -0.3 is 9.67 Å². The lowest BCUT2D eigenvalue weighted by atomic mass is 10.2. The highest BCUT2D eigenvalue weighted by Gasteiger charge is 2.15. The van der Waals surface area contributed by atoms with Crippen LogP contribution in [0.3, 0.4) is 0 Å². The van der Waals surface area contributed by atoms with Crippen molar-refractivity contribution in [3.05, 3.63) is 33.0 Å². The molecule has 0 unspecified atom stereocenters. The molecule has 0 aliphatic rings. The van der Waals surface area contributed by atoms with E-state index in [1.54, 1.807) is 0 Å². The van der Waals surface area contributed by atoms with Gasteiger partial charge in [-0.1, -0.05) is 38.8 Å². The first kappa shape index (κ1) is 13.7. The average molecular weight is 375 g/mol. The maximum Gasteiger partial charge on any atom is 0.165 e. The van der Waals surface area contributed by atoms with Gasteiger partial charge in [0.2, 0.25) is 0 Å². The minimum Gasteiger partial charge on any atom is -0.388 e. The van der Waals surface area contributed by atoms with E-state index in [-0.39, 0.29) is 6.61 Å². The molecule has 1 N–H and O–H groups in total. The number of benzene rings is 1. The summed E-state index contributed by atoms with van der Waals surface area (Å²) in [6.07, 6.45) is 0.962. The number of hydrogen-bond donors (Lipinski definition) is 1. The van der Waals surface area contributed by atoms with Crippen molar-refractivity contribution in [1.82, 2.24) is 14.8 Å². The lowest BCUT2D eigenvalue weighted by Gasteiger charge is -2.09. The van der Waals surface area contributed by atoms with Crippen LogP contribution in [0.2, 0.25) is 0 Å². The zero-order valence-corrected chi connectivity index (χ0v) is 13.1. The van der Waals surface area contributed by atoms with Crippen LogP contribution in [0.4, 0.5) is 0 Å². The van der Waals surface area contributed by atoms with Gasteiger partial charge in [0.25, 0.3) is 0 Å². The van der Waals surface area contributed by atoms with Gasteiger partial charge in [-0.3, -0.25) is 0 Å². The molecule has 1 aromatic heterocycles. The molecule has 2 rings (SSSR count). The van der Waals surface area contributed by atoms with Gasteiger partial charge in [0.05, 0.1) is 0 Å². The van der Waals surface area contributed by atoms with Crippen molar-refractivity contribution in [1.29, 1.82) is 0 Å². The van der Waals surface area contributed by atoms with E-state index in [9.17, 15) is 5.11 Å². The monoisotopic (exact) mass is 373 g/mol. The number of aliphatic hydroxyl groups is 1. The lowest BCUT2D eigenvalue weighted by molar-refractivity contribution is 0.264. The molecule has 0 spiro atoms. The average Bonchev–Trinajstić information content (AvgIpc) is 2.76. The number of aliphatic hydroxyl groups excluding tert-OH is 1. The van der Waals surface area contributed by atoms with E-state index in [1.165, 1.54) is 0 Å². The van der Waals surface area contributed by atoms with Crippen LogP contribution in [0.15, 0.2) is 27.1 Å². The molecular formula is C12H13Br2N3O. The third-order valence-electron chi connectivity index (χ3n) is 2.59. The van der Waals surface area contributed by atoms with Crippen LogP contribution in [-0.2, 0) is 13.2 Å². The Bertz CT molecular complexity index is 554. The molecule has 1 aromatic carbocycles. The third-order valence-corrected chi connectivity index (χ3v) is 3.77. The topological polar surface area (TPSA) is 50.9 Å². The van der Waals surface area contributed by atoms with Gasteiger partial charge in [-0.15, -0.1) is 10.2 Å². The van der Waals surface area contributed by atoms with Crippen molar-refractivity contribution < 1.29 is 5.11 Å². The number of hydrogen-bond acceptors (Lipinski definition) is 3. The molecule has 2 aromatic rings. The summed E-state index contributed by atoms with van der Waals surface area (Å²) in [7, 11) is 0. The SMILES string of the molecule is CCCn1c(CO)nnc1-c1cc(Br)ccc1Br. The number of halogens is 2. The fourth-order valence-corrected chi connectivity index (χ4v) is 2.56. The van der Waals surface area contributed by atoms with E-state index in [1.807, 2.05) is 22.8 Å². The van der Waals surface area contributed by atoms with Crippen molar-refractivity contribution in [2.75, 3.05) is 0 Å². The smallest absolute Gasteiger partial charge is 0.165 e. The van der Waals surface area contributed by atoms with Crippen molar-refractivity contribution >= 4 is 31.9 Å². The molecule has 0 aliphatic heterocycles. The first-order valence-electron chi connectivity index (χ1n) is 5.65. The third kappa shape index (κ3) is 2.65. The highest BCUT2D eigenvalue weighted by atomic mass is 79.9. The minimum atomic E-state index is -0.0986. The first-order chi connectivity index (χ1) is 8.67. The second kappa shape index (κ2) is 5.95. The number of aromatic nitrogens is 3. The van der Waals surface area contributed by atoms with Crippen LogP contribution in [-0.4, -0.2) is 19.9 Å². The number of rotatable bonds is 4. The maximum atomic E-state index is 9.28. The van der Waals surface area contributed by atoms with Crippen LogP contribution < -0.4 is 0 Å². The molecule has 0 amide bonds.